The van der Waals surface area contributed by atoms with Crippen LogP contribution in [0.2, 0.25) is 5.02 Å². The van der Waals surface area contributed by atoms with E-state index < -0.39 is 6.04 Å². The molecule has 1 atom stereocenters. The summed E-state index contributed by atoms with van der Waals surface area (Å²) in [6.45, 7) is 6.59. The van der Waals surface area contributed by atoms with Crippen molar-refractivity contribution in [2.24, 2.45) is 5.92 Å². The molecule has 0 fully saturated rings. The number of methoxy groups -OCH3 is 1. The first-order valence-corrected chi connectivity index (χ1v) is 12.7. The van der Waals surface area contributed by atoms with E-state index in [0.717, 1.165) is 6.42 Å². The number of halogens is 1. The van der Waals surface area contributed by atoms with Gasteiger partial charge in [-0.05, 0) is 67.8 Å². The van der Waals surface area contributed by atoms with Crippen molar-refractivity contribution >= 4 is 34.2 Å². The fraction of sp³-hybridized carbons (Fsp3) is 0.276. The Balaban J connectivity index is 1.83. The number of nitrogens with one attached hydrogen (secondary N) is 1. The van der Waals surface area contributed by atoms with Crippen molar-refractivity contribution in [3.8, 4) is 11.4 Å². The molecular formula is C29H31ClN4O3. The van der Waals surface area contributed by atoms with Crippen molar-refractivity contribution in [3.05, 3.63) is 94.0 Å². The van der Waals surface area contributed by atoms with Gasteiger partial charge in [0.05, 0.1) is 35.4 Å². The van der Waals surface area contributed by atoms with Gasteiger partial charge >= 0.3 is 6.03 Å². The summed E-state index contributed by atoms with van der Waals surface area (Å²) in [5, 5.41) is 4.05. The zero-order chi connectivity index (χ0) is 26.5. The summed E-state index contributed by atoms with van der Waals surface area (Å²) in [6.07, 6.45) is 0.780. The Morgan fingerprint density at radius 1 is 1.03 bits per heavy atom. The average molecular weight is 519 g/mol. The van der Waals surface area contributed by atoms with Crippen LogP contribution in [0.15, 0.2) is 77.6 Å². The first-order chi connectivity index (χ1) is 17.8. The van der Waals surface area contributed by atoms with E-state index in [-0.39, 0.29) is 11.6 Å². The molecule has 1 N–H and O–H groups in total. The number of para-hydroxylation sites is 3. The van der Waals surface area contributed by atoms with Crippen LogP contribution in [0.25, 0.3) is 16.6 Å². The molecule has 37 heavy (non-hydrogen) atoms. The number of carbonyl (C=O) groups is 1. The third-order valence-electron chi connectivity index (χ3n) is 6.28. The summed E-state index contributed by atoms with van der Waals surface area (Å²) in [5.41, 5.74) is 1.57. The number of hydrogen-bond donors (Lipinski definition) is 1. The molecule has 1 heterocycles. The van der Waals surface area contributed by atoms with E-state index in [9.17, 15) is 9.59 Å². The molecule has 1 aromatic heterocycles. The number of rotatable bonds is 8. The highest BCUT2D eigenvalue weighted by Gasteiger charge is 2.27. The van der Waals surface area contributed by atoms with Crippen molar-refractivity contribution in [1.29, 1.82) is 0 Å². The monoisotopic (exact) mass is 518 g/mol. The van der Waals surface area contributed by atoms with Crippen LogP contribution in [0, 0.1) is 5.92 Å². The van der Waals surface area contributed by atoms with E-state index in [4.69, 9.17) is 21.3 Å². The summed E-state index contributed by atoms with van der Waals surface area (Å²) in [7, 11) is 1.56. The van der Waals surface area contributed by atoms with Crippen LogP contribution in [0.1, 0.15) is 39.1 Å². The second-order valence-corrected chi connectivity index (χ2v) is 9.72. The number of hydrogen-bond acceptors (Lipinski definition) is 4. The number of urea groups is 1. The molecule has 0 saturated heterocycles. The standard InChI is InChI=1S/C29H31ClN4O3/c1-19(2)17-18-33(29(36)32-25-11-7-8-12-26(25)37-4)20(3)27-31-24-10-6-5-9-23(24)28(35)34(27)22-15-13-21(30)14-16-22/h5-16,19-20H,17-18H2,1-4H3,(H,32,36). The third kappa shape index (κ3) is 5.78. The predicted molar refractivity (Wildman–Crippen MR) is 149 cm³/mol. The average Bonchev–Trinajstić information content (AvgIpc) is 2.89. The Morgan fingerprint density at radius 3 is 2.41 bits per heavy atom. The molecule has 192 valence electrons. The van der Waals surface area contributed by atoms with Gasteiger partial charge in [0.25, 0.3) is 5.56 Å². The van der Waals surface area contributed by atoms with E-state index in [1.54, 1.807) is 59.0 Å². The Labute approximate surface area is 221 Å². The highest BCUT2D eigenvalue weighted by Crippen LogP contribution is 2.28. The van der Waals surface area contributed by atoms with Crippen molar-refractivity contribution in [2.75, 3.05) is 19.0 Å². The molecule has 1 unspecified atom stereocenters. The molecule has 0 bridgehead atoms. The van der Waals surface area contributed by atoms with Gasteiger partial charge in [0.15, 0.2) is 0 Å². The highest BCUT2D eigenvalue weighted by atomic mass is 35.5. The summed E-state index contributed by atoms with van der Waals surface area (Å²) in [5.74, 6) is 1.40. The SMILES string of the molecule is COc1ccccc1NC(=O)N(CCC(C)C)C(C)c1nc2ccccc2c(=O)n1-c1ccc(Cl)cc1. The van der Waals surface area contributed by atoms with E-state index >= 15 is 0 Å². The van der Waals surface area contributed by atoms with E-state index in [2.05, 4.69) is 19.2 Å². The van der Waals surface area contributed by atoms with Gasteiger partial charge in [-0.1, -0.05) is 49.7 Å². The molecule has 7 nitrogen and oxygen atoms in total. The van der Waals surface area contributed by atoms with Crippen molar-refractivity contribution in [2.45, 2.75) is 33.2 Å². The van der Waals surface area contributed by atoms with Gasteiger partial charge in [-0.3, -0.25) is 9.36 Å². The van der Waals surface area contributed by atoms with Crippen molar-refractivity contribution in [1.82, 2.24) is 14.5 Å². The number of carbonyl (C=O) groups excluding carboxylic acids is 1. The van der Waals surface area contributed by atoms with Gasteiger partial charge in [0, 0.05) is 11.6 Å². The zero-order valence-electron chi connectivity index (χ0n) is 21.4. The highest BCUT2D eigenvalue weighted by molar-refractivity contribution is 6.30. The fourth-order valence-electron chi connectivity index (χ4n) is 4.21. The van der Waals surface area contributed by atoms with Crippen LogP contribution in [-0.4, -0.2) is 34.1 Å². The number of amides is 2. The maximum atomic E-state index is 13.7. The number of fused-ring (bicyclic) bond motifs is 1. The van der Waals surface area contributed by atoms with Crippen LogP contribution >= 0.6 is 11.6 Å². The van der Waals surface area contributed by atoms with E-state index in [0.29, 0.717) is 51.3 Å². The molecule has 3 aromatic carbocycles. The lowest BCUT2D eigenvalue weighted by atomic mass is 10.1. The maximum Gasteiger partial charge on any atom is 0.322 e. The number of ether oxygens (including phenoxy) is 1. The molecule has 8 heteroatoms. The molecule has 0 radical (unpaired) electrons. The Kier molecular flexibility index (Phi) is 8.14. The Hall–Kier alpha value is -3.84. The first kappa shape index (κ1) is 26.2. The predicted octanol–water partition coefficient (Wildman–Crippen LogP) is 6.69. The number of nitrogens with zero attached hydrogens (tertiary/aromatic N) is 3. The third-order valence-corrected chi connectivity index (χ3v) is 6.54. The summed E-state index contributed by atoms with van der Waals surface area (Å²) in [6, 6.07) is 20.7. The Morgan fingerprint density at radius 2 is 1.70 bits per heavy atom. The lowest BCUT2D eigenvalue weighted by molar-refractivity contribution is 0.185. The molecule has 0 aliphatic carbocycles. The molecule has 0 aliphatic rings. The number of anilines is 1. The largest absolute Gasteiger partial charge is 0.495 e. The van der Waals surface area contributed by atoms with Crippen molar-refractivity contribution in [3.63, 3.8) is 0 Å². The van der Waals surface area contributed by atoms with Crippen LogP contribution in [-0.2, 0) is 0 Å². The van der Waals surface area contributed by atoms with Gasteiger partial charge in [0.2, 0.25) is 0 Å². The molecule has 2 amide bonds. The minimum Gasteiger partial charge on any atom is -0.495 e. The molecule has 4 aromatic rings. The second-order valence-electron chi connectivity index (χ2n) is 9.29. The lowest BCUT2D eigenvalue weighted by Gasteiger charge is -2.31. The molecular weight excluding hydrogens is 488 g/mol. The van der Waals surface area contributed by atoms with E-state index in [1.165, 1.54) is 0 Å². The minimum atomic E-state index is -0.526. The van der Waals surface area contributed by atoms with Gasteiger partial charge < -0.3 is 15.0 Å². The number of benzene rings is 3. The van der Waals surface area contributed by atoms with Crippen LogP contribution in [0.3, 0.4) is 0 Å². The Bertz CT molecular complexity index is 1450. The quantitative estimate of drug-likeness (QED) is 0.282. The molecule has 0 saturated carbocycles. The van der Waals surface area contributed by atoms with Crippen LogP contribution in [0.4, 0.5) is 10.5 Å². The number of aromatic nitrogens is 2. The first-order valence-electron chi connectivity index (χ1n) is 12.3. The normalized spacial score (nSPS) is 11.9. The van der Waals surface area contributed by atoms with E-state index in [1.807, 2.05) is 37.3 Å². The lowest BCUT2D eigenvalue weighted by Crippen LogP contribution is -2.40. The molecule has 0 spiro atoms. The van der Waals surface area contributed by atoms with Gasteiger partial charge in [-0.25, -0.2) is 9.78 Å². The molecule has 0 aliphatic heterocycles. The summed E-state index contributed by atoms with van der Waals surface area (Å²) >= 11 is 6.13. The smallest absolute Gasteiger partial charge is 0.322 e. The maximum absolute atomic E-state index is 13.7. The van der Waals surface area contributed by atoms with Crippen LogP contribution < -0.4 is 15.6 Å². The van der Waals surface area contributed by atoms with Crippen molar-refractivity contribution < 1.29 is 9.53 Å². The van der Waals surface area contributed by atoms with Gasteiger partial charge in [-0.15, -0.1) is 0 Å². The zero-order valence-corrected chi connectivity index (χ0v) is 22.2. The minimum absolute atomic E-state index is 0.205. The summed E-state index contributed by atoms with van der Waals surface area (Å²) < 4.78 is 6.99. The van der Waals surface area contributed by atoms with Crippen LogP contribution in [0.5, 0.6) is 5.75 Å². The summed E-state index contributed by atoms with van der Waals surface area (Å²) in [4.78, 5) is 34.0. The fourth-order valence-corrected chi connectivity index (χ4v) is 4.34. The molecule has 4 rings (SSSR count). The van der Waals surface area contributed by atoms with Gasteiger partial charge in [0.1, 0.15) is 11.6 Å². The topological polar surface area (TPSA) is 76.5 Å². The second kappa shape index (κ2) is 11.5. The van der Waals surface area contributed by atoms with Gasteiger partial charge in [-0.2, -0.15) is 0 Å².